The van der Waals surface area contributed by atoms with Gasteiger partial charge in [-0.3, -0.25) is 4.79 Å². The van der Waals surface area contributed by atoms with Gasteiger partial charge >= 0.3 is 0 Å². The van der Waals surface area contributed by atoms with Crippen LogP contribution in [0.25, 0.3) is 0 Å². The SMILES string of the molecule is C[C@@]1(C(=O)Nc2ccc(N3CCOCC3)cc2)CC1(Cl)Cl. The number of morpholine rings is 1. The Bertz CT molecular complexity index is 541. The van der Waals surface area contributed by atoms with E-state index >= 15 is 0 Å². The van der Waals surface area contributed by atoms with Crippen molar-refractivity contribution in [3.8, 4) is 0 Å². The van der Waals surface area contributed by atoms with Crippen molar-refractivity contribution in [2.45, 2.75) is 17.7 Å². The molecule has 2 fully saturated rings. The quantitative estimate of drug-likeness (QED) is 0.867. The van der Waals surface area contributed by atoms with Crippen LogP contribution in [0.15, 0.2) is 24.3 Å². The number of hydrogen-bond donors (Lipinski definition) is 1. The molecule has 1 aliphatic heterocycles. The zero-order valence-corrected chi connectivity index (χ0v) is 13.4. The van der Waals surface area contributed by atoms with Crippen LogP contribution < -0.4 is 10.2 Å². The molecule has 4 nitrogen and oxygen atoms in total. The molecule has 1 heterocycles. The van der Waals surface area contributed by atoms with E-state index < -0.39 is 9.75 Å². The number of nitrogens with one attached hydrogen (secondary N) is 1. The molecule has 1 atom stereocenters. The van der Waals surface area contributed by atoms with E-state index in [-0.39, 0.29) is 5.91 Å². The summed E-state index contributed by atoms with van der Waals surface area (Å²) < 4.78 is 4.40. The van der Waals surface area contributed by atoms with E-state index in [0.717, 1.165) is 37.7 Å². The number of carbonyl (C=O) groups is 1. The zero-order valence-electron chi connectivity index (χ0n) is 11.9. The minimum Gasteiger partial charge on any atom is -0.378 e. The highest BCUT2D eigenvalue weighted by Crippen LogP contribution is 2.64. The van der Waals surface area contributed by atoms with Gasteiger partial charge in [-0.25, -0.2) is 0 Å². The van der Waals surface area contributed by atoms with Gasteiger partial charge in [0.15, 0.2) is 0 Å². The number of rotatable bonds is 3. The Hall–Kier alpha value is -0.970. The third-order valence-corrected chi connectivity index (χ3v) is 5.36. The number of anilines is 2. The summed E-state index contributed by atoms with van der Waals surface area (Å²) in [6.07, 6.45) is 0.487. The van der Waals surface area contributed by atoms with Crippen LogP contribution in [0.5, 0.6) is 0 Å². The first-order chi connectivity index (χ1) is 9.92. The summed E-state index contributed by atoms with van der Waals surface area (Å²) in [5.41, 5.74) is 1.20. The van der Waals surface area contributed by atoms with Crippen molar-refractivity contribution < 1.29 is 9.53 Å². The van der Waals surface area contributed by atoms with E-state index in [0.29, 0.717) is 6.42 Å². The van der Waals surface area contributed by atoms with Crippen molar-refractivity contribution in [3.05, 3.63) is 24.3 Å². The molecule has 114 valence electrons. The number of ether oxygens (including phenoxy) is 1. The predicted octanol–water partition coefficient (Wildman–Crippen LogP) is 3.05. The molecule has 0 bridgehead atoms. The summed E-state index contributed by atoms with van der Waals surface area (Å²) in [5.74, 6) is -0.133. The Morgan fingerprint density at radius 1 is 1.24 bits per heavy atom. The van der Waals surface area contributed by atoms with Gasteiger partial charge in [0.25, 0.3) is 0 Å². The smallest absolute Gasteiger partial charge is 0.233 e. The first-order valence-electron chi connectivity index (χ1n) is 7.04. The minimum absolute atomic E-state index is 0.133. The molecule has 0 aromatic heterocycles. The van der Waals surface area contributed by atoms with E-state index in [4.69, 9.17) is 27.9 Å². The number of amides is 1. The molecule has 1 aliphatic carbocycles. The lowest BCUT2D eigenvalue weighted by Crippen LogP contribution is -2.36. The number of benzene rings is 1. The van der Waals surface area contributed by atoms with Gasteiger partial charge in [-0.2, -0.15) is 0 Å². The maximum Gasteiger partial charge on any atom is 0.233 e. The number of hydrogen-bond acceptors (Lipinski definition) is 3. The number of carbonyl (C=O) groups excluding carboxylic acids is 1. The molecule has 0 unspecified atom stereocenters. The van der Waals surface area contributed by atoms with Crippen LogP contribution in [-0.4, -0.2) is 36.5 Å². The molecule has 1 saturated heterocycles. The summed E-state index contributed by atoms with van der Waals surface area (Å²) in [5, 5.41) is 2.88. The molecule has 1 aromatic rings. The standard InChI is InChI=1S/C15H18Cl2N2O2/c1-14(10-15(14,16)17)13(20)18-11-2-4-12(5-3-11)19-6-8-21-9-7-19/h2-5H,6-10H2,1H3,(H,18,20)/t14-/m0/s1. The van der Waals surface area contributed by atoms with Gasteiger partial charge < -0.3 is 15.0 Å². The normalized spacial score (nSPS) is 27.3. The monoisotopic (exact) mass is 328 g/mol. The number of nitrogens with zero attached hydrogens (tertiary/aromatic N) is 1. The maximum atomic E-state index is 12.2. The average molecular weight is 329 g/mol. The van der Waals surface area contributed by atoms with E-state index in [1.807, 2.05) is 24.3 Å². The molecule has 2 aliphatic rings. The van der Waals surface area contributed by atoms with E-state index in [2.05, 4.69) is 10.2 Å². The maximum absolute atomic E-state index is 12.2. The van der Waals surface area contributed by atoms with Gasteiger partial charge in [0, 0.05) is 24.5 Å². The van der Waals surface area contributed by atoms with Crippen molar-refractivity contribution in [2.24, 2.45) is 5.41 Å². The molecule has 3 rings (SSSR count). The molecule has 6 heteroatoms. The lowest BCUT2D eigenvalue weighted by atomic mass is 10.1. The van der Waals surface area contributed by atoms with Crippen LogP contribution in [0.3, 0.4) is 0 Å². The fraction of sp³-hybridized carbons (Fsp3) is 0.533. The summed E-state index contributed by atoms with van der Waals surface area (Å²) >= 11 is 12.0. The average Bonchev–Trinajstić information content (AvgIpc) is 3.01. The fourth-order valence-electron chi connectivity index (χ4n) is 2.49. The lowest BCUT2D eigenvalue weighted by Gasteiger charge is -2.29. The topological polar surface area (TPSA) is 41.6 Å². The first-order valence-corrected chi connectivity index (χ1v) is 7.80. The Morgan fingerprint density at radius 2 is 1.81 bits per heavy atom. The predicted molar refractivity (Wildman–Crippen MR) is 85.3 cm³/mol. The van der Waals surface area contributed by atoms with Crippen LogP contribution in [0.4, 0.5) is 11.4 Å². The molecular formula is C15H18Cl2N2O2. The second-order valence-electron chi connectivity index (χ2n) is 5.81. The van der Waals surface area contributed by atoms with Crippen LogP contribution in [-0.2, 0) is 9.53 Å². The lowest BCUT2D eigenvalue weighted by molar-refractivity contribution is -0.120. The second kappa shape index (κ2) is 5.34. The second-order valence-corrected chi connectivity index (χ2v) is 7.30. The van der Waals surface area contributed by atoms with Gasteiger partial charge in [-0.05, 0) is 37.6 Å². The van der Waals surface area contributed by atoms with E-state index in [9.17, 15) is 4.79 Å². The summed E-state index contributed by atoms with van der Waals surface area (Å²) in [4.78, 5) is 14.5. The van der Waals surface area contributed by atoms with Gasteiger partial charge in [0.2, 0.25) is 5.91 Å². The third kappa shape index (κ3) is 2.85. The van der Waals surface area contributed by atoms with Crippen LogP contribution >= 0.6 is 23.2 Å². The Labute approximate surface area is 134 Å². The Kier molecular flexibility index (Phi) is 3.80. The fourth-order valence-corrected chi connectivity index (χ4v) is 3.20. The van der Waals surface area contributed by atoms with E-state index in [1.165, 1.54) is 0 Å². The number of alkyl halides is 2. The molecule has 21 heavy (non-hydrogen) atoms. The Balaban J connectivity index is 1.63. The van der Waals surface area contributed by atoms with Gasteiger partial charge in [0.05, 0.1) is 18.6 Å². The minimum atomic E-state index is -0.940. The van der Waals surface area contributed by atoms with Gasteiger partial charge in [-0.15, -0.1) is 23.2 Å². The molecule has 0 radical (unpaired) electrons. The first kappa shape index (κ1) is 14.9. The van der Waals surface area contributed by atoms with Gasteiger partial charge in [-0.1, -0.05) is 0 Å². The molecule has 1 aromatic carbocycles. The van der Waals surface area contributed by atoms with Crippen LogP contribution in [0.2, 0.25) is 0 Å². The van der Waals surface area contributed by atoms with Crippen molar-refractivity contribution in [1.29, 1.82) is 0 Å². The van der Waals surface area contributed by atoms with Crippen molar-refractivity contribution in [1.82, 2.24) is 0 Å². The molecular weight excluding hydrogens is 311 g/mol. The van der Waals surface area contributed by atoms with Crippen molar-refractivity contribution in [3.63, 3.8) is 0 Å². The summed E-state index contributed by atoms with van der Waals surface area (Å²) in [7, 11) is 0. The third-order valence-electron chi connectivity index (χ3n) is 4.26. The number of halogens is 2. The molecule has 0 spiro atoms. The van der Waals surface area contributed by atoms with Crippen LogP contribution in [0.1, 0.15) is 13.3 Å². The highest BCUT2D eigenvalue weighted by Gasteiger charge is 2.67. The Morgan fingerprint density at radius 3 is 2.33 bits per heavy atom. The van der Waals surface area contributed by atoms with E-state index in [1.54, 1.807) is 6.92 Å². The highest BCUT2D eigenvalue weighted by atomic mass is 35.5. The van der Waals surface area contributed by atoms with Crippen LogP contribution in [0, 0.1) is 5.41 Å². The van der Waals surface area contributed by atoms with Crippen molar-refractivity contribution >= 4 is 40.5 Å². The molecule has 1 N–H and O–H groups in total. The molecule has 1 amide bonds. The summed E-state index contributed by atoms with van der Waals surface area (Å²) in [6.45, 7) is 5.08. The summed E-state index contributed by atoms with van der Waals surface area (Å²) in [6, 6.07) is 7.81. The largest absolute Gasteiger partial charge is 0.378 e. The zero-order chi connectivity index (χ0) is 15.1. The van der Waals surface area contributed by atoms with Crippen molar-refractivity contribution in [2.75, 3.05) is 36.5 Å². The molecule has 1 saturated carbocycles. The highest BCUT2D eigenvalue weighted by molar-refractivity contribution is 6.53. The van der Waals surface area contributed by atoms with Gasteiger partial charge in [0.1, 0.15) is 4.33 Å².